The lowest BCUT2D eigenvalue weighted by Gasteiger charge is -2.13. The Morgan fingerprint density at radius 3 is 3.12 bits per heavy atom. The average molecular weight is 232 g/mol. The summed E-state index contributed by atoms with van der Waals surface area (Å²) < 4.78 is 5.58. The SMILES string of the molecule is O=C(O)CC[C@@H]1CCc2ccc3c(c21)CCO3. The lowest BCUT2D eigenvalue weighted by Crippen LogP contribution is -2.02. The molecule has 0 saturated heterocycles. The Balaban J connectivity index is 1.90. The Morgan fingerprint density at radius 1 is 1.41 bits per heavy atom. The lowest BCUT2D eigenvalue weighted by atomic mass is 9.91. The molecule has 1 N–H and O–H groups in total. The summed E-state index contributed by atoms with van der Waals surface area (Å²) >= 11 is 0. The highest BCUT2D eigenvalue weighted by Crippen LogP contribution is 2.43. The fraction of sp³-hybridized carbons (Fsp3) is 0.500. The first kappa shape index (κ1) is 10.6. The predicted octanol–water partition coefficient (Wildman–Crippen LogP) is 2.52. The van der Waals surface area contributed by atoms with Crippen molar-refractivity contribution in [2.75, 3.05) is 6.61 Å². The minimum absolute atomic E-state index is 0.272. The molecular weight excluding hydrogens is 216 g/mol. The second-order valence-electron chi connectivity index (χ2n) is 4.88. The number of fused-ring (bicyclic) bond motifs is 3. The first-order chi connectivity index (χ1) is 8.25. The van der Waals surface area contributed by atoms with Gasteiger partial charge in [0.2, 0.25) is 0 Å². The highest BCUT2D eigenvalue weighted by atomic mass is 16.5. The maximum atomic E-state index is 10.7. The molecule has 1 atom stereocenters. The molecule has 3 nitrogen and oxygen atoms in total. The molecule has 90 valence electrons. The quantitative estimate of drug-likeness (QED) is 0.871. The van der Waals surface area contributed by atoms with Crippen LogP contribution < -0.4 is 4.74 Å². The topological polar surface area (TPSA) is 46.5 Å². The first-order valence-corrected chi connectivity index (χ1v) is 6.25. The number of aliphatic carboxylic acids is 1. The van der Waals surface area contributed by atoms with Crippen molar-refractivity contribution in [1.29, 1.82) is 0 Å². The van der Waals surface area contributed by atoms with Crippen LogP contribution in [-0.2, 0) is 17.6 Å². The van der Waals surface area contributed by atoms with Gasteiger partial charge in [0, 0.05) is 18.4 Å². The molecule has 1 aromatic rings. The van der Waals surface area contributed by atoms with E-state index in [2.05, 4.69) is 12.1 Å². The van der Waals surface area contributed by atoms with Gasteiger partial charge in [-0.2, -0.15) is 0 Å². The van der Waals surface area contributed by atoms with E-state index < -0.39 is 5.97 Å². The maximum absolute atomic E-state index is 10.7. The zero-order chi connectivity index (χ0) is 11.8. The van der Waals surface area contributed by atoms with Crippen molar-refractivity contribution in [2.45, 2.75) is 38.0 Å². The van der Waals surface area contributed by atoms with Gasteiger partial charge in [-0.3, -0.25) is 4.79 Å². The minimum Gasteiger partial charge on any atom is -0.493 e. The number of rotatable bonds is 3. The van der Waals surface area contributed by atoms with E-state index in [1.54, 1.807) is 0 Å². The Bertz CT molecular complexity index is 465. The van der Waals surface area contributed by atoms with Crippen molar-refractivity contribution in [3.05, 3.63) is 28.8 Å². The van der Waals surface area contributed by atoms with Crippen LogP contribution in [0.4, 0.5) is 0 Å². The molecule has 0 bridgehead atoms. The van der Waals surface area contributed by atoms with Gasteiger partial charge in [-0.1, -0.05) is 6.07 Å². The lowest BCUT2D eigenvalue weighted by molar-refractivity contribution is -0.137. The van der Waals surface area contributed by atoms with Crippen LogP contribution >= 0.6 is 0 Å². The Labute approximate surface area is 100 Å². The van der Waals surface area contributed by atoms with Crippen molar-refractivity contribution in [2.24, 2.45) is 0 Å². The molecule has 0 saturated carbocycles. The van der Waals surface area contributed by atoms with Crippen LogP contribution in [0.15, 0.2) is 12.1 Å². The molecule has 3 heteroatoms. The molecule has 1 aromatic carbocycles. The van der Waals surface area contributed by atoms with E-state index in [1.165, 1.54) is 16.7 Å². The third-order valence-corrected chi connectivity index (χ3v) is 3.89. The van der Waals surface area contributed by atoms with Crippen LogP contribution in [0.25, 0.3) is 0 Å². The third-order valence-electron chi connectivity index (χ3n) is 3.89. The molecule has 2 aliphatic rings. The van der Waals surface area contributed by atoms with E-state index in [0.717, 1.165) is 38.0 Å². The number of ether oxygens (including phenoxy) is 1. The standard InChI is InChI=1S/C14H16O3/c15-13(16)6-4-10-2-1-9-3-5-12-11(14(9)10)7-8-17-12/h3,5,10H,1-2,4,6-8H2,(H,15,16)/t10-/m0/s1. The number of carboxylic acids is 1. The summed E-state index contributed by atoms with van der Waals surface area (Å²) in [4.78, 5) is 10.7. The fourth-order valence-electron chi connectivity index (χ4n) is 3.14. The molecule has 0 amide bonds. The maximum Gasteiger partial charge on any atom is 0.303 e. The van der Waals surface area contributed by atoms with Crippen LogP contribution in [0.2, 0.25) is 0 Å². The molecule has 1 aliphatic carbocycles. The number of hydrogen-bond donors (Lipinski definition) is 1. The van der Waals surface area contributed by atoms with E-state index >= 15 is 0 Å². The van der Waals surface area contributed by atoms with Gasteiger partial charge in [0.15, 0.2) is 0 Å². The van der Waals surface area contributed by atoms with Crippen molar-refractivity contribution in [3.63, 3.8) is 0 Å². The van der Waals surface area contributed by atoms with E-state index in [9.17, 15) is 4.79 Å². The normalized spacial score (nSPS) is 20.8. The molecule has 0 unspecified atom stereocenters. The van der Waals surface area contributed by atoms with Crippen LogP contribution in [0.5, 0.6) is 5.75 Å². The monoisotopic (exact) mass is 232 g/mol. The zero-order valence-electron chi connectivity index (χ0n) is 9.74. The molecule has 0 aromatic heterocycles. The number of benzene rings is 1. The summed E-state index contributed by atoms with van der Waals surface area (Å²) in [5.41, 5.74) is 4.15. The van der Waals surface area contributed by atoms with Gasteiger partial charge in [0.25, 0.3) is 0 Å². The first-order valence-electron chi connectivity index (χ1n) is 6.25. The number of carbonyl (C=O) groups is 1. The smallest absolute Gasteiger partial charge is 0.303 e. The van der Waals surface area contributed by atoms with Gasteiger partial charge in [0.1, 0.15) is 5.75 Å². The average Bonchev–Trinajstić information content (AvgIpc) is 2.91. The summed E-state index contributed by atoms with van der Waals surface area (Å²) in [5, 5.41) is 8.79. The summed E-state index contributed by atoms with van der Waals surface area (Å²) in [6.07, 6.45) is 4.21. The second-order valence-corrected chi connectivity index (χ2v) is 4.88. The summed E-state index contributed by atoms with van der Waals surface area (Å²) in [7, 11) is 0. The number of carboxylic acid groups (broad SMARTS) is 1. The largest absolute Gasteiger partial charge is 0.493 e. The van der Waals surface area contributed by atoms with Crippen LogP contribution in [-0.4, -0.2) is 17.7 Å². The van der Waals surface area contributed by atoms with Crippen LogP contribution in [0.3, 0.4) is 0 Å². The molecule has 0 radical (unpaired) electrons. The zero-order valence-corrected chi connectivity index (χ0v) is 9.74. The predicted molar refractivity (Wildman–Crippen MR) is 63.6 cm³/mol. The van der Waals surface area contributed by atoms with Gasteiger partial charge < -0.3 is 9.84 Å². The highest BCUT2D eigenvalue weighted by Gasteiger charge is 2.29. The molecule has 1 aliphatic heterocycles. The fourth-order valence-corrected chi connectivity index (χ4v) is 3.14. The Kier molecular flexibility index (Phi) is 2.54. The molecule has 1 heterocycles. The van der Waals surface area contributed by atoms with Gasteiger partial charge in [-0.25, -0.2) is 0 Å². The summed E-state index contributed by atoms with van der Waals surface area (Å²) in [6, 6.07) is 4.22. The van der Waals surface area contributed by atoms with Crippen LogP contribution in [0.1, 0.15) is 41.9 Å². The van der Waals surface area contributed by atoms with Crippen molar-refractivity contribution < 1.29 is 14.6 Å². The summed E-state index contributed by atoms with van der Waals surface area (Å²) in [6.45, 7) is 0.775. The van der Waals surface area contributed by atoms with E-state index in [1.807, 2.05) is 0 Å². The van der Waals surface area contributed by atoms with Crippen molar-refractivity contribution in [1.82, 2.24) is 0 Å². The molecule has 3 rings (SSSR count). The second kappa shape index (κ2) is 4.06. The number of aryl methyl sites for hydroxylation is 1. The van der Waals surface area contributed by atoms with E-state index in [-0.39, 0.29) is 6.42 Å². The highest BCUT2D eigenvalue weighted by molar-refractivity contribution is 5.67. The van der Waals surface area contributed by atoms with Crippen LogP contribution in [0, 0.1) is 0 Å². The third kappa shape index (κ3) is 1.79. The summed E-state index contributed by atoms with van der Waals surface area (Å²) in [5.74, 6) is 0.756. The Hall–Kier alpha value is -1.51. The van der Waals surface area contributed by atoms with Crippen molar-refractivity contribution in [3.8, 4) is 5.75 Å². The van der Waals surface area contributed by atoms with Crippen molar-refractivity contribution >= 4 is 5.97 Å². The molecule has 0 spiro atoms. The van der Waals surface area contributed by atoms with Gasteiger partial charge >= 0.3 is 5.97 Å². The van der Waals surface area contributed by atoms with E-state index in [4.69, 9.17) is 9.84 Å². The van der Waals surface area contributed by atoms with Gasteiger partial charge in [0.05, 0.1) is 6.61 Å². The number of hydrogen-bond acceptors (Lipinski definition) is 2. The van der Waals surface area contributed by atoms with E-state index in [0.29, 0.717) is 5.92 Å². The molecule has 0 fully saturated rings. The van der Waals surface area contributed by atoms with Gasteiger partial charge in [-0.05, 0) is 42.4 Å². The molecule has 17 heavy (non-hydrogen) atoms. The Morgan fingerprint density at radius 2 is 2.29 bits per heavy atom. The van der Waals surface area contributed by atoms with Gasteiger partial charge in [-0.15, -0.1) is 0 Å². The molecular formula is C14H16O3. The minimum atomic E-state index is -0.692.